The van der Waals surface area contributed by atoms with Crippen LogP contribution in [0.3, 0.4) is 0 Å². The van der Waals surface area contributed by atoms with Crippen molar-refractivity contribution in [3.63, 3.8) is 0 Å². The van der Waals surface area contributed by atoms with Crippen LogP contribution in [-0.2, 0) is 0 Å². The summed E-state index contributed by atoms with van der Waals surface area (Å²) in [4.78, 5) is 8.71. The van der Waals surface area contributed by atoms with E-state index in [9.17, 15) is 0 Å². The Kier molecular flexibility index (Phi) is 141. The molecule has 12 atom stereocenters. The van der Waals surface area contributed by atoms with E-state index in [2.05, 4.69) is 124 Å². The Morgan fingerprint density at radius 3 is 0.737 bits per heavy atom. The Morgan fingerprint density at radius 2 is 0.526 bits per heavy atom. The van der Waals surface area contributed by atoms with Crippen molar-refractivity contribution in [2.75, 3.05) is 14.7 Å². The Balaban J connectivity index is -0.0000000469. The van der Waals surface area contributed by atoms with E-state index in [0.29, 0.717) is 43.0 Å². The molecule has 0 amide bonds. The maximum absolute atomic E-state index is 2.94. The van der Waals surface area contributed by atoms with Crippen LogP contribution in [0.2, 0.25) is 11.6 Å². The molecule has 76 heavy (non-hydrogen) atoms. The predicted octanol–water partition coefficient (Wildman–Crippen LogP) is 28.3. The molecule has 0 spiro atoms. The van der Waals surface area contributed by atoms with Crippen LogP contribution >= 0.6 is 0 Å². The van der Waals surface area contributed by atoms with Gasteiger partial charge in [-0.2, -0.15) is 0 Å². The molecule has 1 aromatic rings. The highest BCUT2D eigenvalue weighted by Gasteiger charge is 2.54. The number of hydrogen-bond acceptors (Lipinski definition) is 3. The normalized spacial score (nSPS) is 23.5. The average Bonchev–Trinajstić information content (AvgIpc) is 3.40. The lowest BCUT2D eigenvalue weighted by molar-refractivity contribution is 0.246. The van der Waals surface area contributed by atoms with Gasteiger partial charge in [0.1, 0.15) is 0 Å². The third kappa shape index (κ3) is 36.8. The Bertz CT molecular complexity index is 985. The molecule has 6 rings (SSSR count). The molecule has 4 heteroatoms. The molecule has 0 saturated carbocycles. The molecule has 484 valence electrons. The Morgan fingerprint density at radius 1 is 0.329 bits per heavy atom. The van der Waals surface area contributed by atoms with Crippen LogP contribution in [0.5, 0.6) is 0 Å². The Labute approximate surface area is 500 Å². The quantitative estimate of drug-likeness (QED) is 0.260. The molecule has 0 radical (unpaired) electrons. The fourth-order valence-corrected chi connectivity index (χ4v) is 9.99. The summed E-state index contributed by atoms with van der Waals surface area (Å²) >= 11 is 0. The first-order chi connectivity index (χ1) is 32.4. The van der Waals surface area contributed by atoms with Gasteiger partial charge in [-0.25, -0.2) is 0 Å². The van der Waals surface area contributed by atoms with Gasteiger partial charge in [-0.3, -0.25) is 0 Å². The summed E-state index contributed by atoms with van der Waals surface area (Å²) in [6, 6.07) is 9.13. The fourth-order valence-electron chi connectivity index (χ4n) is 9.99. The number of nitrogens with zero attached hydrogens (tertiary/aromatic N) is 3. The zero-order chi connectivity index (χ0) is 55.9. The summed E-state index contributed by atoms with van der Waals surface area (Å²) in [5.41, 5.74) is 6.45. The Hall–Kier alpha value is -1.32. The standard InChI is InChI=1S/C33H54BN3.2C3H8.12C2H6.9CH4/c1-18-11-13-29-22(5)34-23(6)30-14-12-19(2)25(8)37(30)32-17-28(16-31(33(32)34)36(29)24(18)7)35-26(9)20(3)15-21(4)27(35)10;2*1-3-2;12*1-2;;;;;;;;;/h16-27,29-30H,11-15H2,1-10H3;2*3H2,1-2H3;12*1-2H3;9*1H4/t18-,19+,20-,21+,22+,23-,24-,25+,26-,27+,29-,30+;;;;;;;;;;;;;;;;;;;;;;;. The molecule has 5 aliphatic rings. The first-order valence-corrected chi connectivity index (χ1v) is 30.9. The largest absolute Gasteiger partial charge is 0.366 e. The van der Waals surface area contributed by atoms with Gasteiger partial charge in [-0.1, -0.05) is 315 Å². The van der Waals surface area contributed by atoms with Gasteiger partial charge >= 0.3 is 0 Å². The minimum absolute atomic E-state index is 0. The van der Waals surface area contributed by atoms with Crippen molar-refractivity contribution < 1.29 is 0 Å². The monoisotopic (exact) mass is 1100 g/mol. The zero-order valence-corrected chi connectivity index (χ0v) is 55.0. The van der Waals surface area contributed by atoms with E-state index in [1.54, 1.807) is 16.8 Å². The molecule has 0 aliphatic carbocycles. The second kappa shape index (κ2) is 85.0. The van der Waals surface area contributed by atoms with Crippen molar-refractivity contribution in [3.05, 3.63) is 12.1 Å². The van der Waals surface area contributed by atoms with E-state index in [1.165, 1.54) is 50.6 Å². The van der Waals surface area contributed by atoms with Gasteiger partial charge in [-0.05, 0) is 113 Å². The first kappa shape index (κ1) is 126. The topological polar surface area (TPSA) is 9.72 Å². The molecule has 0 aromatic heterocycles. The van der Waals surface area contributed by atoms with Gasteiger partial charge < -0.3 is 14.7 Å². The molecule has 3 nitrogen and oxygen atoms in total. The van der Waals surface area contributed by atoms with Gasteiger partial charge in [-0.15, -0.1) is 0 Å². The molecule has 0 bridgehead atoms. The van der Waals surface area contributed by atoms with Crippen molar-refractivity contribution in [1.29, 1.82) is 0 Å². The van der Waals surface area contributed by atoms with Gasteiger partial charge in [0.25, 0.3) is 0 Å². The second-order valence-electron chi connectivity index (χ2n) is 16.2. The first-order valence-electron chi connectivity index (χ1n) is 30.9. The lowest BCUT2D eigenvalue weighted by atomic mass is 9.25. The number of benzene rings is 1. The van der Waals surface area contributed by atoms with Crippen LogP contribution < -0.4 is 20.2 Å². The third-order valence-electron chi connectivity index (χ3n) is 13.0. The van der Waals surface area contributed by atoms with Crippen LogP contribution in [0.4, 0.5) is 17.1 Å². The lowest BCUT2D eigenvalue weighted by Gasteiger charge is -2.60. The van der Waals surface area contributed by atoms with Crippen molar-refractivity contribution in [2.24, 2.45) is 23.7 Å². The second-order valence-corrected chi connectivity index (χ2v) is 16.2. The van der Waals surface area contributed by atoms with Crippen LogP contribution in [0.1, 0.15) is 375 Å². The van der Waals surface area contributed by atoms with Gasteiger partial charge in [0.2, 0.25) is 0 Å². The van der Waals surface area contributed by atoms with E-state index in [0.717, 1.165) is 35.3 Å². The molecule has 1 aromatic carbocycles. The van der Waals surface area contributed by atoms with Gasteiger partial charge in [0.15, 0.2) is 6.71 Å². The molecule has 0 N–H and O–H groups in total. The smallest absolute Gasteiger partial charge is 0.191 e. The predicted molar refractivity (Wildman–Crippen MR) is 392 cm³/mol. The van der Waals surface area contributed by atoms with E-state index >= 15 is 0 Å². The molecular formula is C72H178BN3. The van der Waals surface area contributed by atoms with Gasteiger partial charge in [0.05, 0.1) is 0 Å². The SMILES string of the molecule is C.C.C.C.C.C.C.C.C.CC.CC.CC.CC.CC.CC.CC.CC.CC.CC.CC.CC.CCC.CCC.C[C@@H]1CC[C@@H]2[C@H](C)B3c4c(cc(N5[C@H](C)[C@H](C)C[C@H](C)[C@@H]5C)cc4N4[C@@H](C)[C@@H](C)CC[C@H]4[C@H]3C)N2[C@@H]1C. The van der Waals surface area contributed by atoms with Crippen LogP contribution in [0, 0.1) is 23.7 Å². The highest BCUT2D eigenvalue weighted by molar-refractivity contribution is 6.80. The third-order valence-corrected chi connectivity index (χ3v) is 13.0. The van der Waals surface area contributed by atoms with E-state index < -0.39 is 0 Å². The summed E-state index contributed by atoms with van der Waals surface area (Å²) in [6.07, 6.45) is 9.34. The highest BCUT2D eigenvalue weighted by atomic mass is 15.3. The van der Waals surface area contributed by atoms with Crippen molar-refractivity contribution in [3.8, 4) is 0 Å². The molecule has 5 heterocycles. The molecule has 3 fully saturated rings. The highest BCUT2D eigenvalue weighted by Crippen LogP contribution is 2.53. The molecular weight excluding hydrogens is 918 g/mol. The van der Waals surface area contributed by atoms with Crippen molar-refractivity contribution in [1.82, 2.24) is 0 Å². The number of fused-ring (bicyclic) bond motifs is 4. The van der Waals surface area contributed by atoms with E-state index in [4.69, 9.17) is 0 Å². The van der Waals surface area contributed by atoms with E-state index in [-0.39, 0.29) is 66.8 Å². The average molecular weight is 1100 g/mol. The summed E-state index contributed by atoms with van der Waals surface area (Å²) in [5.74, 6) is 4.44. The van der Waals surface area contributed by atoms with Crippen LogP contribution in [0.15, 0.2) is 12.1 Å². The van der Waals surface area contributed by atoms with E-state index in [1.807, 2.05) is 166 Å². The zero-order valence-electron chi connectivity index (χ0n) is 55.0. The van der Waals surface area contributed by atoms with Crippen molar-refractivity contribution in [2.45, 2.75) is 423 Å². The number of rotatable bonds is 1. The summed E-state index contributed by atoms with van der Waals surface area (Å²) < 4.78 is 0. The molecule has 5 aliphatic heterocycles. The van der Waals surface area contributed by atoms with Crippen molar-refractivity contribution >= 4 is 29.2 Å². The maximum Gasteiger partial charge on any atom is 0.191 e. The number of hydrogen-bond donors (Lipinski definition) is 0. The molecule has 3 saturated heterocycles. The summed E-state index contributed by atoms with van der Waals surface area (Å²) in [5, 5.41) is 0. The number of piperidine rings is 3. The minimum atomic E-state index is 0. The molecule has 0 unspecified atom stereocenters. The lowest BCUT2D eigenvalue weighted by Crippen LogP contribution is -2.68. The minimum Gasteiger partial charge on any atom is -0.366 e. The summed E-state index contributed by atoms with van der Waals surface area (Å²) in [7, 11) is 0. The summed E-state index contributed by atoms with van der Waals surface area (Å²) in [6.45, 7) is 82.4. The van der Waals surface area contributed by atoms with Crippen LogP contribution in [0.25, 0.3) is 0 Å². The number of anilines is 3. The maximum atomic E-state index is 2.94. The fraction of sp³-hybridized carbons (Fsp3) is 0.917. The van der Waals surface area contributed by atoms with Gasteiger partial charge in [0, 0.05) is 53.3 Å². The van der Waals surface area contributed by atoms with Crippen LogP contribution in [-0.4, -0.2) is 43.0 Å².